The number of aliphatic carboxylic acids is 1. The van der Waals surface area contributed by atoms with Gasteiger partial charge in [0, 0.05) is 11.1 Å². The molecule has 0 fully saturated rings. The first-order valence-electron chi connectivity index (χ1n) is 8.78. The zero-order valence-electron chi connectivity index (χ0n) is 15.4. The molecular formula is C21H24N2O4. The lowest BCUT2D eigenvalue weighted by Crippen LogP contribution is -2.61. The molecule has 0 bridgehead atoms. The summed E-state index contributed by atoms with van der Waals surface area (Å²) in [7, 11) is 0. The first kappa shape index (κ1) is 20.2. The van der Waals surface area contributed by atoms with Crippen LogP contribution in [0.5, 0.6) is 0 Å². The molecule has 3 N–H and O–H groups in total. The Hall–Kier alpha value is -3.15. The van der Waals surface area contributed by atoms with E-state index in [1.165, 1.54) is 0 Å². The maximum absolute atomic E-state index is 12.6. The van der Waals surface area contributed by atoms with Gasteiger partial charge >= 0.3 is 5.97 Å². The highest BCUT2D eigenvalue weighted by Crippen LogP contribution is 2.19. The summed E-state index contributed by atoms with van der Waals surface area (Å²) in [5.41, 5.74) is -0.817. The van der Waals surface area contributed by atoms with Crippen molar-refractivity contribution in [2.24, 2.45) is 5.92 Å². The average molecular weight is 368 g/mol. The zero-order chi connectivity index (χ0) is 19.9. The molecule has 142 valence electrons. The van der Waals surface area contributed by atoms with E-state index in [-0.39, 0.29) is 24.8 Å². The lowest BCUT2D eigenvalue weighted by Gasteiger charge is -2.32. The van der Waals surface area contributed by atoms with Gasteiger partial charge in [-0.3, -0.25) is 9.59 Å². The van der Waals surface area contributed by atoms with E-state index in [0.717, 1.165) is 0 Å². The summed E-state index contributed by atoms with van der Waals surface area (Å²) in [6, 6.07) is 16.9. The van der Waals surface area contributed by atoms with Gasteiger partial charge in [-0.05, 0) is 36.6 Å². The second kappa shape index (κ2) is 8.98. The topological polar surface area (TPSA) is 95.5 Å². The summed E-state index contributed by atoms with van der Waals surface area (Å²) < 4.78 is 0. The van der Waals surface area contributed by atoms with Gasteiger partial charge in [-0.15, -0.1) is 0 Å². The van der Waals surface area contributed by atoms with Gasteiger partial charge in [-0.2, -0.15) is 0 Å². The monoisotopic (exact) mass is 368 g/mol. The maximum atomic E-state index is 12.6. The Morgan fingerprint density at radius 3 is 1.81 bits per heavy atom. The highest BCUT2D eigenvalue weighted by Gasteiger charge is 2.41. The molecule has 2 aromatic rings. The SMILES string of the molecule is CC(C)C[C@](CNC(=O)c1ccccc1)(NC(=O)c1ccccc1)C(=O)O. The highest BCUT2D eigenvalue weighted by atomic mass is 16.4. The molecule has 0 aliphatic carbocycles. The minimum atomic E-state index is -1.61. The fraction of sp³-hybridized carbons (Fsp3) is 0.286. The normalized spacial score (nSPS) is 12.9. The molecule has 27 heavy (non-hydrogen) atoms. The van der Waals surface area contributed by atoms with E-state index in [9.17, 15) is 19.5 Å². The van der Waals surface area contributed by atoms with Crippen LogP contribution in [0.3, 0.4) is 0 Å². The molecule has 0 saturated carbocycles. The number of carbonyl (C=O) groups is 3. The number of hydrogen-bond acceptors (Lipinski definition) is 3. The second-order valence-corrected chi connectivity index (χ2v) is 6.85. The van der Waals surface area contributed by atoms with Crippen molar-refractivity contribution < 1.29 is 19.5 Å². The smallest absolute Gasteiger partial charge is 0.331 e. The van der Waals surface area contributed by atoms with Gasteiger partial charge in [0.05, 0.1) is 6.54 Å². The Bertz CT molecular complexity index is 790. The molecular weight excluding hydrogens is 344 g/mol. The summed E-state index contributed by atoms with van der Waals surface area (Å²) in [6.45, 7) is 3.52. The van der Waals surface area contributed by atoms with Crippen LogP contribution < -0.4 is 10.6 Å². The molecule has 0 radical (unpaired) electrons. The van der Waals surface area contributed by atoms with Gasteiger partial charge in [0.15, 0.2) is 5.54 Å². The van der Waals surface area contributed by atoms with Crippen molar-refractivity contribution in [1.82, 2.24) is 10.6 Å². The molecule has 0 unspecified atom stereocenters. The van der Waals surface area contributed by atoms with Gasteiger partial charge in [0.25, 0.3) is 11.8 Å². The molecule has 0 spiro atoms. The molecule has 0 aromatic heterocycles. The van der Waals surface area contributed by atoms with Crippen LogP contribution in [0.2, 0.25) is 0 Å². The Labute approximate surface area is 158 Å². The van der Waals surface area contributed by atoms with Gasteiger partial charge in [-0.1, -0.05) is 50.2 Å². The molecule has 0 aliphatic heterocycles. The lowest BCUT2D eigenvalue weighted by molar-refractivity contribution is -0.145. The predicted octanol–water partition coefficient (Wildman–Crippen LogP) is 2.72. The van der Waals surface area contributed by atoms with Gasteiger partial charge in [-0.25, -0.2) is 4.79 Å². The van der Waals surface area contributed by atoms with E-state index in [2.05, 4.69) is 10.6 Å². The average Bonchev–Trinajstić information content (AvgIpc) is 2.66. The number of carboxylic acid groups (broad SMARTS) is 1. The number of carbonyl (C=O) groups excluding carboxylic acids is 2. The molecule has 2 rings (SSSR count). The van der Waals surface area contributed by atoms with Crippen molar-refractivity contribution >= 4 is 17.8 Å². The number of carboxylic acids is 1. The Kier molecular flexibility index (Phi) is 6.71. The van der Waals surface area contributed by atoms with Crippen molar-refractivity contribution in [3.05, 3.63) is 71.8 Å². The third kappa shape index (κ3) is 5.41. The number of rotatable bonds is 8. The van der Waals surface area contributed by atoms with Crippen molar-refractivity contribution in [2.45, 2.75) is 25.8 Å². The standard InChI is InChI=1S/C21H24N2O4/c1-15(2)13-21(20(26)27,23-19(25)17-11-7-4-8-12-17)14-22-18(24)16-9-5-3-6-10-16/h3-12,15H,13-14H2,1-2H3,(H,22,24)(H,23,25)(H,26,27)/t21-/m1/s1. The van der Waals surface area contributed by atoms with Gasteiger partial charge in [0.2, 0.25) is 0 Å². The molecule has 6 nitrogen and oxygen atoms in total. The van der Waals surface area contributed by atoms with Crippen molar-refractivity contribution in [2.75, 3.05) is 6.54 Å². The predicted molar refractivity (Wildman–Crippen MR) is 103 cm³/mol. The fourth-order valence-corrected chi connectivity index (χ4v) is 2.88. The molecule has 2 aromatic carbocycles. The molecule has 0 aliphatic rings. The largest absolute Gasteiger partial charge is 0.479 e. The fourth-order valence-electron chi connectivity index (χ4n) is 2.88. The third-order valence-corrected chi connectivity index (χ3v) is 4.14. The minimum absolute atomic E-state index is 0.00852. The van der Waals surface area contributed by atoms with Crippen LogP contribution in [0.4, 0.5) is 0 Å². The van der Waals surface area contributed by atoms with E-state index >= 15 is 0 Å². The Morgan fingerprint density at radius 2 is 1.37 bits per heavy atom. The summed E-state index contributed by atoms with van der Waals surface area (Å²) >= 11 is 0. The van der Waals surface area contributed by atoms with E-state index in [4.69, 9.17) is 0 Å². The molecule has 6 heteroatoms. The van der Waals surface area contributed by atoms with Crippen molar-refractivity contribution in [1.29, 1.82) is 0 Å². The van der Waals surface area contributed by atoms with Crippen LogP contribution >= 0.6 is 0 Å². The van der Waals surface area contributed by atoms with Crippen LogP contribution in [0.25, 0.3) is 0 Å². The summed E-state index contributed by atoms with van der Waals surface area (Å²) in [5.74, 6) is -2.08. The Morgan fingerprint density at radius 1 is 0.889 bits per heavy atom. The highest BCUT2D eigenvalue weighted by molar-refractivity contribution is 5.99. The number of hydrogen-bond donors (Lipinski definition) is 3. The summed E-state index contributed by atoms with van der Waals surface area (Å²) in [5, 5.41) is 15.2. The molecule has 2 amide bonds. The van der Waals surface area contributed by atoms with Gasteiger partial charge in [0.1, 0.15) is 0 Å². The summed E-state index contributed by atoms with van der Waals surface area (Å²) in [6.07, 6.45) is 0.177. The summed E-state index contributed by atoms with van der Waals surface area (Å²) in [4.78, 5) is 37.0. The van der Waals surface area contributed by atoms with Crippen molar-refractivity contribution in [3.8, 4) is 0 Å². The number of nitrogens with one attached hydrogen (secondary N) is 2. The van der Waals surface area contributed by atoms with E-state index in [0.29, 0.717) is 11.1 Å². The quantitative estimate of drug-likeness (QED) is 0.668. The zero-order valence-corrected chi connectivity index (χ0v) is 15.4. The van der Waals surface area contributed by atoms with Crippen LogP contribution in [0, 0.1) is 5.92 Å². The molecule has 0 heterocycles. The number of amides is 2. The number of benzene rings is 2. The van der Waals surface area contributed by atoms with E-state index in [1.807, 2.05) is 13.8 Å². The Balaban J connectivity index is 2.22. The van der Waals surface area contributed by atoms with E-state index < -0.39 is 17.4 Å². The first-order valence-corrected chi connectivity index (χ1v) is 8.78. The third-order valence-electron chi connectivity index (χ3n) is 4.14. The van der Waals surface area contributed by atoms with Crippen LogP contribution in [-0.4, -0.2) is 35.0 Å². The van der Waals surface area contributed by atoms with Gasteiger partial charge < -0.3 is 15.7 Å². The van der Waals surface area contributed by atoms with Crippen molar-refractivity contribution in [3.63, 3.8) is 0 Å². The van der Waals surface area contributed by atoms with Crippen LogP contribution in [0.15, 0.2) is 60.7 Å². The van der Waals surface area contributed by atoms with Crippen LogP contribution in [0.1, 0.15) is 41.0 Å². The molecule has 0 saturated heterocycles. The van der Waals surface area contributed by atoms with Crippen LogP contribution in [-0.2, 0) is 4.79 Å². The minimum Gasteiger partial charge on any atom is -0.479 e. The maximum Gasteiger partial charge on any atom is 0.331 e. The lowest BCUT2D eigenvalue weighted by atomic mass is 9.88. The second-order valence-electron chi connectivity index (χ2n) is 6.85. The molecule has 1 atom stereocenters. The van der Waals surface area contributed by atoms with E-state index in [1.54, 1.807) is 60.7 Å². The first-order chi connectivity index (χ1) is 12.8.